The van der Waals surface area contributed by atoms with Crippen LogP contribution < -0.4 is 5.73 Å². The van der Waals surface area contributed by atoms with E-state index < -0.39 is 0 Å². The molecule has 0 bridgehead atoms. The smallest absolute Gasteiger partial charge is 0.136 e. The van der Waals surface area contributed by atoms with Crippen molar-refractivity contribution < 1.29 is 8.83 Å². The Morgan fingerprint density at radius 2 is 1.13 bits per heavy atom. The zero-order valence-corrected chi connectivity index (χ0v) is 30.3. The predicted molar refractivity (Wildman–Crippen MR) is 231 cm³/mol. The highest BCUT2D eigenvalue weighted by molar-refractivity contribution is 6.21. The maximum atomic E-state index is 6.14. The molecule has 4 nitrogen and oxygen atoms in total. The lowest BCUT2D eigenvalue weighted by Crippen LogP contribution is -2.13. The van der Waals surface area contributed by atoms with Gasteiger partial charge >= 0.3 is 0 Å². The van der Waals surface area contributed by atoms with Crippen LogP contribution in [-0.4, -0.2) is 5.84 Å². The van der Waals surface area contributed by atoms with E-state index in [0.717, 1.165) is 44.2 Å². The summed E-state index contributed by atoms with van der Waals surface area (Å²) < 4.78 is 12.0. The number of amidine groups is 1. The van der Waals surface area contributed by atoms with Gasteiger partial charge in [-0.05, 0) is 104 Å². The molecule has 0 aliphatic heterocycles. The van der Waals surface area contributed by atoms with E-state index in [-0.39, 0.29) is 0 Å². The van der Waals surface area contributed by atoms with Gasteiger partial charge in [0.1, 0.15) is 28.2 Å². The van der Waals surface area contributed by atoms with Crippen LogP contribution in [0.25, 0.3) is 87.3 Å². The summed E-state index contributed by atoms with van der Waals surface area (Å²) >= 11 is 0. The highest BCUT2D eigenvalue weighted by atomic mass is 16.3. The molecule has 0 amide bonds. The Labute approximate surface area is 317 Å². The molecule has 4 heteroatoms. The van der Waals surface area contributed by atoms with E-state index in [0.29, 0.717) is 12.4 Å². The van der Waals surface area contributed by atoms with Gasteiger partial charge in [-0.1, -0.05) is 133 Å². The predicted octanol–water partition coefficient (Wildman–Crippen LogP) is 13.5. The SMILES string of the molecule is Cc1cccc2oc3ccc(-c4cc5c6ccccc6ccc5c5ccccc45)cc3c12.NC(=NCc1ccccc1)c1ccc2c(c1)oc1ccccc12. The lowest BCUT2D eigenvalue weighted by atomic mass is 9.90. The number of rotatable bonds is 4. The van der Waals surface area contributed by atoms with Crippen LogP contribution in [-0.2, 0) is 6.54 Å². The highest BCUT2D eigenvalue weighted by Crippen LogP contribution is 2.40. The van der Waals surface area contributed by atoms with Crippen molar-refractivity contribution in [3.8, 4) is 11.1 Å². The molecule has 9 aromatic carbocycles. The van der Waals surface area contributed by atoms with Gasteiger partial charge in [-0.3, -0.25) is 4.99 Å². The number of nitrogens with two attached hydrogens (primary N) is 1. The molecule has 0 fully saturated rings. The molecule has 11 rings (SSSR count). The molecule has 2 heterocycles. The van der Waals surface area contributed by atoms with Crippen molar-refractivity contribution in [3.63, 3.8) is 0 Å². The Morgan fingerprint density at radius 1 is 0.473 bits per heavy atom. The average Bonchev–Trinajstić information content (AvgIpc) is 3.81. The second-order valence-electron chi connectivity index (χ2n) is 14.1. The lowest BCUT2D eigenvalue weighted by molar-refractivity contribution is 0.668. The van der Waals surface area contributed by atoms with Crippen LogP contribution in [0.15, 0.2) is 190 Å². The molecule has 2 N–H and O–H groups in total. The molecule has 0 unspecified atom stereocenters. The number of benzene rings is 9. The van der Waals surface area contributed by atoms with Crippen molar-refractivity contribution in [1.29, 1.82) is 0 Å². The van der Waals surface area contributed by atoms with Crippen LogP contribution in [0.5, 0.6) is 0 Å². The van der Waals surface area contributed by atoms with Gasteiger partial charge < -0.3 is 14.6 Å². The zero-order valence-electron chi connectivity index (χ0n) is 30.3. The summed E-state index contributed by atoms with van der Waals surface area (Å²) in [6.45, 7) is 2.73. The molecule has 55 heavy (non-hydrogen) atoms. The van der Waals surface area contributed by atoms with Gasteiger partial charge in [-0.2, -0.15) is 0 Å². The van der Waals surface area contributed by atoms with Gasteiger partial charge in [0.25, 0.3) is 0 Å². The Balaban J connectivity index is 0.000000143. The van der Waals surface area contributed by atoms with Crippen molar-refractivity contribution in [1.82, 2.24) is 0 Å². The number of hydrogen-bond donors (Lipinski definition) is 1. The Morgan fingerprint density at radius 3 is 2.00 bits per heavy atom. The minimum absolute atomic E-state index is 0.524. The van der Waals surface area contributed by atoms with Gasteiger partial charge in [0.2, 0.25) is 0 Å². The van der Waals surface area contributed by atoms with Crippen LogP contribution in [0.3, 0.4) is 0 Å². The number of aliphatic imine (C=N–C) groups is 1. The first-order chi connectivity index (χ1) is 27.1. The number of hydrogen-bond acceptors (Lipinski definition) is 3. The number of para-hydroxylation sites is 1. The summed E-state index contributed by atoms with van der Waals surface area (Å²) in [5, 5.41) is 12.3. The standard InChI is InChI=1S/C31H20O.C20H16N2O/c1-19-7-6-12-30-31(19)28-17-21(14-16-29(28)32-30)26-18-27-22-9-3-2-8-20(22)13-15-25(27)23-10-4-5-11-24(23)26;21-20(22-13-14-6-2-1-3-7-14)15-10-11-17-16-8-4-5-9-18(16)23-19(17)12-15/h2-18H,1H3;1-12H,13H2,(H2,21,22). The highest BCUT2D eigenvalue weighted by Gasteiger charge is 2.14. The summed E-state index contributed by atoms with van der Waals surface area (Å²) in [7, 11) is 0. The van der Waals surface area contributed by atoms with Crippen molar-refractivity contribution >= 4 is 82.0 Å². The first-order valence-corrected chi connectivity index (χ1v) is 18.6. The van der Waals surface area contributed by atoms with Gasteiger partial charge in [0.05, 0.1) is 6.54 Å². The van der Waals surface area contributed by atoms with E-state index in [9.17, 15) is 0 Å². The number of aryl methyl sites for hydroxylation is 1. The average molecular weight is 709 g/mol. The minimum Gasteiger partial charge on any atom is -0.456 e. The molecular formula is C51H36N2O2. The summed E-state index contributed by atoms with van der Waals surface area (Å²) in [6, 6.07) is 61.2. The quantitative estimate of drug-likeness (QED) is 0.112. The Kier molecular flexibility index (Phi) is 7.88. The maximum absolute atomic E-state index is 6.14. The van der Waals surface area contributed by atoms with E-state index in [1.54, 1.807) is 0 Å². The number of furan rings is 2. The lowest BCUT2D eigenvalue weighted by Gasteiger charge is -2.13. The molecule has 0 aliphatic carbocycles. The van der Waals surface area contributed by atoms with E-state index in [2.05, 4.69) is 121 Å². The van der Waals surface area contributed by atoms with Crippen LogP contribution in [0.1, 0.15) is 16.7 Å². The van der Waals surface area contributed by atoms with Crippen molar-refractivity contribution in [3.05, 3.63) is 193 Å². The van der Waals surface area contributed by atoms with Gasteiger partial charge in [0.15, 0.2) is 0 Å². The fourth-order valence-electron chi connectivity index (χ4n) is 8.01. The molecule has 0 saturated carbocycles. The van der Waals surface area contributed by atoms with Crippen LogP contribution in [0, 0.1) is 6.92 Å². The first kappa shape index (κ1) is 32.5. The van der Waals surface area contributed by atoms with Crippen molar-refractivity contribution in [2.45, 2.75) is 13.5 Å². The molecular weight excluding hydrogens is 673 g/mol. The molecule has 0 radical (unpaired) electrons. The third kappa shape index (κ3) is 5.76. The molecule has 262 valence electrons. The molecule has 0 aliphatic rings. The number of fused-ring (bicyclic) bond motifs is 11. The zero-order chi connectivity index (χ0) is 36.9. The van der Waals surface area contributed by atoms with Crippen LogP contribution >= 0.6 is 0 Å². The van der Waals surface area contributed by atoms with Crippen LogP contribution in [0.2, 0.25) is 0 Å². The van der Waals surface area contributed by atoms with Crippen molar-refractivity contribution in [2.75, 3.05) is 0 Å². The fourth-order valence-corrected chi connectivity index (χ4v) is 8.01. The Bertz CT molecular complexity index is 3260. The summed E-state index contributed by atoms with van der Waals surface area (Å²) in [4.78, 5) is 4.48. The third-order valence-corrected chi connectivity index (χ3v) is 10.7. The van der Waals surface area contributed by atoms with E-state index in [4.69, 9.17) is 14.6 Å². The maximum Gasteiger partial charge on any atom is 0.136 e. The van der Waals surface area contributed by atoms with Crippen LogP contribution in [0.4, 0.5) is 0 Å². The molecule has 0 saturated heterocycles. The summed E-state index contributed by atoms with van der Waals surface area (Å²) in [6.07, 6.45) is 0. The normalized spacial score (nSPS) is 12.0. The van der Waals surface area contributed by atoms with Crippen molar-refractivity contribution in [2.24, 2.45) is 10.7 Å². The summed E-state index contributed by atoms with van der Waals surface area (Å²) in [5.41, 5.74) is 15.5. The van der Waals surface area contributed by atoms with E-state index >= 15 is 0 Å². The van der Waals surface area contributed by atoms with E-state index in [1.165, 1.54) is 59.8 Å². The number of nitrogens with zero attached hydrogens (tertiary/aromatic N) is 1. The third-order valence-electron chi connectivity index (χ3n) is 10.7. The molecule has 0 atom stereocenters. The molecule has 11 aromatic rings. The molecule has 2 aromatic heterocycles. The molecule has 0 spiro atoms. The summed E-state index contributed by atoms with van der Waals surface area (Å²) in [5.74, 6) is 0.524. The second kappa shape index (κ2) is 13.4. The van der Waals surface area contributed by atoms with E-state index in [1.807, 2.05) is 66.7 Å². The topological polar surface area (TPSA) is 64.7 Å². The monoisotopic (exact) mass is 708 g/mol. The van der Waals surface area contributed by atoms with Gasteiger partial charge in [-0.25, -0.2) is 0 Å². The first-order valence-electron chi connectivity index (χ1n) is 18.6. The second-order valence-corrected chi connectivity index (χ2v) is 14.1. The van der Waals surface area contributed by atoms with Gasteiger partial charge in [-0.15, -0.1) is 0 Å². The fraction of sp³-hybridized carbons (Fsp3) is 0.0392. The minimum atomic E-state index is 0.524. The largest absolute Gasteiger partial charge is 0.456 e. The Hall–Kier alpha value is -7.17. The van der Waals surface area contributed by atoms with Gasteiger partial charge in [0, 0.05) is 27.1 Å².